The van der Waals surface area contributed by atoms with E-state index in [2.05, 4.69) is 5.32 Å². The smallest absolute Gasteiger partial charge is 0.316 e. The third-order valence-corrected chi connectivity index (χ3v) is 3.38. The van der Waals surface area contributed by atoms with E-state index in [4.69, 9.17) is 21.4 Å². The van der Waals surface area contributed by atoms with Crippen molar-refractivity contribution in [2.75, 3.05) is 13.7 Å². The summed E-state index contributed by atoms with van der Waals surface area (Å²) in [6.45, 7) is 0.280. The molecule has 1 amide bonds. The van der Waals surface area contributed by atoms with Crippen LogP contribution in [0.15, 0.2) is 18.2 Å². The van der Waals surface area contributed by atoms with Crippen LogP contribution in [0.25, 0.3) is 0 Å². The van der Waals surface area contributed by atoms with Gasteiger partial charge in [0.15, 0.2) is 0 Å². The van der Waals surface area contributed by atoms with E-state index in [1.165, 1.54) is 7.11 Å². The molecule has 0 radical (unpaired) electrons. The van der Waals surface area contributed by atoms with Crippen LogP contribution < -0.4 is 10.1 Å². The highest BCUT2D eigenvalue weighted by atomic mass is 35.5. The van der Waals surface area contributed by atoms with E-state index in [9.17, 15) is 9.59 Å². The standard InChI is InChI=1S/C12H12ClNO4/c1-18-6-2-3-7(9(13)4-6)8-5-14-11(15)10(8)12(16)17/h2-4,8,10H,5H2,1H3,(H,14,15)(H,16,17)/t8-,10-/m0/s1. The number of hydrogen-bond donors (Lipinski definition) is 2. The van der Waals surface area contributed by atoms with Crippen LogP contribution in [-0.2, 0) is 9.59 Å². The highest BCUT2D eigenvalue weighted by molar-refractivity contribution is 6.31. The molecule has 1 aliphatic rings. The number of nitrogens with one attached hydrogen (secondary N) is 1. The highest BCUT2D eigenvalue weighted by Crippen LogP contribution is 2.35. The van der Waals surface area contributed by atoms with Crippen LogP contribution in [0.1, 0.15) is 11.5 Å². The molecule has 2 rings (SSSR count). The summed E-state index contributed by atoms with van der Waals surface area (Å²) >= 11 is 6.09. The van der Waals surface area contributed by atoms with Crippen molar-refractivity contribution < 1.29 is 19.4 Å². The fraction of sp³-hybridized carbons (Fsp3) is 0.333. The third kappa shape index (κ3) is 2.13. The third-order valence-electron chi connectivity index (χ3n) is 3.05. The second-order valence-electron chi connectivity index (χ2n) is 4.05. The summed E-state index contributed by atoms with van der Waals surface area (Å²) in [5.41, 5.74) is 0.642. The van der Waals surface area contributed by atoms with Crippen molar-refractivity contribution in [3.63, 3.8) is 0 Å². The Kier molecular flexibility index (Phi) is 3.43. The van der Waals surface area contributed by atoms with Gasteiger partial charge in [-0.2, -0.15) is 0 Å². The van der Waals surface area contributed by atoms with Crippen LogP contribution in [0.4, 0.5) is 0 Å². The van der Waals surface area contributed by atoms with Gasteiger partial charge in [0.1, 0.15) is 11.7 Å². The van der Waals surface area contributed by atoms with E-state index in [1.807, 2.05) is 0 Å². The number of amides is 1. The molecular formula is C12H12ClNO4. The van der Waals surface area contributed by atoms with E-state index < -0.39 is 23.7 Å². The minimum absolute atomic E-state index is 0.280. The van der Waals surface area contributed by atoms with E-state index in [1.54, 1.807) is 18.2 Å². The molecule has 1 saturated heterocycles. The van der Waals surface area contributed by atoms with Gasteiger partial charge in [-0.3, -0.25) is 9.59 Å². The molecule has 0 aromatic heterocycles. The van der Waals surface area contributed by atoms with E-state index in [0.717, 1.165) is 0 Å². The van der Waals surface area contributed by atoms with Gasteiger partial charge >= 0.3 is 5.97 Å². The lowest BCUT2D eigenvalue weighted by Crippen LogP contribution is -2.26. The van der Waals surface area contributed by atoms with Crippen LogP contribution in [0, 0.1) is 5.92 Å². The van der Waals surface area contributed by atoms with Crippen molar-refractivity contribution in [1.82, 2.24) is 5.32 Å². The summed E-state index contributed by atoms with van der Waals surface area (Å²) in [4.78, 5) is 22.6. The van der Waals surface area contributed by atoms with Crippen molar-refractivity contribution in [2.24, 2.45) is 5.92 Å². The number of benzene rings is 1. The van der Waals surface area contributed by atoms with Crippen molar-refractivity contribution in [2.45, 2.75) is 5.92 Å². The number of carboxylic acid groups (broad SMARTS) is 1. The minimum Gasteiger partial charge on any atom is -0.497 e. The van der Waals surface area contributed by atoms with Gasteiger partial charge in [0.2, 0.25) is 5.91 Å². The molecule has 6 heteroatoms. The van der Waals surface area contributed by atoms with Crippen LogP contribution in [-0.4, -0.2) is 30.6 Å². The summed E-state index contributed by atoms with van der Waals surface area (Å²) in [5.74, 6) is -2.56. The summed E-state index contributed by atoms with van der Waals surface area (Å²) in [7, 11) is 1.52. The topological polar surface area (TPSA) is 75.6 Å². The Morgan fingerprint density at radius 1 is 1.56 bits per heavy atom. The molecule has 2 N–H and O–H groups in total. The number of carbonyl (C=O) groups excluding carboxylic acids is 1. The number of carboxylic acids is 1. The predicted molar refractivity (Wildman–Crippen MR) is 64.9 cm³/mol. The summed E-state index contributed by atoms with van der Waals surface area (Å²) < 4.78 is 5.02. The van der Waals surface area contributed by atoms with Gasteiger partial charge in [-0.1, -0.05) is 17.7 Å². The first-order valence-corrected chi connectivity index (χ1v) is 5.76. The molecule has 0 spiro atoms. The fourth-order valence-electron chi connectivity index (χ4n) is 2.13. The maximum Gasteiger partial charge on any atom is 0.316 e. The van der Waals surface area contributed by atoms with Crippen LogP contribution in [0.3, 0.4) is 0 Å². The first-order chi connectivity index (χ1) is 8.54. The van der Waals surface area contributed by atoms with Crippen LogP contribution in [0.2, 0.25) is 5.02 Å². The lowest BCUT2D eigenvalue weighted by molar-refractivity contribution is -0.145. The SMILES string of the molecule is COc1ccc([C@@H]2CNC(=O)[C@H]2C(=O)O)c(Cl)c1. The number of aliphatic carboxylic acids is 1. The molecule has 2 atom stereocenters. The summed E-state index contributed by atoms with van der Waals surface area (Å²) in [6, 6.07) is 5.00. The molecule has 0 aliphatic carbocycles. The molecule has 0 saturated carbocycles. The Balaban J connectivity index is 2.36. The average molecular weight is 270 g/mol. The maximum absolute atomic E-state index is 11.5. The van der Waals surface area contributed by atoms with Crippen molar-refractivity contribution >= 4 is 23.5 Å². The first kappa shape index (κ1) is 12.7. The Morgan fingerprint density at radius 2 is 2.28 bits per heavy atom. The molecule has 96 valence electrons. The first-order valence-electron chi connectivity index (χ1n) is 5.38. The quantitative estimate of drug-likeness (QED) is 0.810. The number of ether oxygens (including phenoxy) is 1. The van der Waals surface area contributed by atoms with Gasteiger partial charge in [-0.05, 0) is 17.7 Å². The zero-order chi connectivity index (χ0) is 13.3. The molecule has 1 aromatic rings. The van der Waals surface area contributed by atoms with Gasteiger partial charge in [0.05, 0.1) is 7.11 Å². The lowest BCUT2D eigenvalue weighted by Gasteiger charge is -2.15. The Hall–Kier alpha value is -1.75. The molecule has 1 fully saturated rings. The van der Waals surface area contributed by atoms with E-state index in [-0.39, 0.29) is 6.54 Å². The molecule has 1 heterocycles. The van der Waals surface area contributed by atoms with Crippen molar-refractivity contribution in [3.05, 3.63) is 28.8 Å². The fourth-order valence-corrected chi connectivity index (χ4v) is 2.44. The predicted octanol–water partition coefficient (Wildman–Crippen LogP) is 1.26. The molecular weight excluding hydrogens is 258 g/mol. The second-order valence-corrected chi connectivity index (χ2v) is 4.46. The number of methoxy groups -OCH3 is 1. The van der Waals surface area contributed by atoms with Crippen LogP contribution in [0.5, 0.6) is 5.75 Å². The second kappa shape index (κ2) is 4.86. The van der Waals surface area contributed by atoms with Gasteiger partial charge in [-0.25, -0.2) is 0 Å². The van der Waals surface area contributed by atoms with E-state index in [0.29, 0.717) is 16.3 Å². The van der Waals surface area contributed by atoms with Gasteiger partial charge in [-0.15, -0.1) is 0 Å². The van der Waals surface area contributed by atoms with Crippen molar-refractivity contribution in [3.8, 4) is 5.75 Å². The number of carbonyl (C=O) groups is 2. The van der Waals surface area contributed by atoms with E-state index >= 15 is 0 Å². The molecule has 1 aliphatic heterocycles. The van der Waals surface area contributed by atoms with Gasteiger partial charge in [0.25, 0.3) is 0 Å². The maximum atomic E-state index is 11.5. The van der Waals surface area contributed by atoms with Gasteiger partial charge < -0.3 is 15.2 Å². The van der Waals surface area contributed by atoms with Crippen LogP contribution >= 0.6 is 11.6 Å². The Bertz CT molecular complexity index is 503. The van der Waals surface area contributed by atoms with Crippen molar-refractivity contribution in [1.29, 1.82) is 0 Å². The Labute approximate surface area is 109 Å². The molecule has 1 aromatic carbocycles. The number of halogens is 1. The molecule has 5 nitrogen and oxygen atoms in total. The monoisotopic (exact) mass is 269 g/mol. The number of hydrogen-bond acceptors (Lipinski definition) is 3. The molecule has 0 unspecified atom stereocenters. The molecule has 0 bridgehead atoms. The number of rotatable bonds is 3. The van der Waals surface area contributed by atoms with Gasteiger partial charge in [0, 0.05) is 17.5 Å². The summed E-state index contributed by atoms with van der Waals surface area (Å²) in [5, 5.41) is 12.0. The largest absolute Gasteiger partial charge is 0.497 e. The summed E-state index contributed by atoms with van der Waals surface area (Å²) in [6.07, 6.45) is 0. The minimum atomic E-state index is -1.14. The zero-order valence-corrected chi connectivity index (χ0v) is 10.4. The zero-order valence-electron chi connectivity index (χ0n) is 9.64. The highest BCUT2D eigenvalue weighted by Gasteiger charge is 2.41. The average Bonchev–Trinajstić information content (AvgIpc) is 2.70. The normalized spacial score (nSPS) is 22.7. The lowest BCUT2D eigenvalue weighted by atomic mass is 9.88. The molecule has 18 heavy (non-hydrogen) atoms. The Morgan fingerprint density at radius 3 is 2.83 bits per heavy atom.